The molecule has 92 valence electrons. The third kappa shape index (κ3) is 2.20. The lowest BCUT2D eigenvalue weighted by molar-refractivity contribution is 0.628. The number of aromatic nitrogens is 2. The smallest absolute Gasteiger partial charge is 0.130 e. The van der Waals surface area contributed by atoms with Gasteiger partial charge >= 0.3 is 0 Å². The SMILES string of the molecule is Cc1ccc(F)cc1-c1cc(=S)nc(C2CC2)[nH]1. The minimum Gasteiger partial charge on any atom is -0.343 e. The second kappa shape index (κ2) is 4.28. The van der Waals surface area contributed by atoms with Crippen LogP contribution in [0.2, 0.25) is 0 Å². The molecule has 4 heteroatoms. The highest BCUT2D eigenvalue weighted by molar-refractivity contribution is 7.71. The number of nitrogens with zero attached hydrogens (tertiary/aromatic N) is 1. The number of hydrogen-bond donors (Lipinski definition) is 1. The highest BCUT2D eigenvalue weighted by Gasteiger charge is 2.26. The Balaban J connectivity index is 2.15. The van der Waals surface area contributed by atoms with Crippen LogP contribution in [0.1, 0.15) is 30.1 Å². The fourth-order valence-corrected chi connectivity index (χ4v) is 2.27. The van der Waals surface area contributed by atoms with E-state index in [1.54, 1.807) is 12.1 Å². The van der Waals surface area contributed by atoms with Crippen LogP contribution in [0.3, 0.4) is 0 Å². The lowest BCUT2D eigenvalue weighted by Gasteiger charge is -2.08. The van der Waals surface area contributed by atoms with Crippen molar-refractivity contribution in [3.05, 3.63) is 46.1 Å². The van der Waals surface area contributed by atoms with Gasteiger partial charge in [-0.3, -0.25) is 0 Å². The van der Waals surface area contributed by atoms with Crippen LogP contribution in [0.4, 0.5) is 4.39 Å². The summed E-state index contributed by atoms with van der Waals surface area (Å²) in [5.74, 6) is 1.20. The first-order chi connectivity index (χ1) is 8.63. The molecule has 3 rings (SSSR count). The molecule has 1 aliphatic rings. The van der Waals surface area contributed by atoms with Gasteiger partial charge in [-0.1, -0.05) is 18.3 Å². The second-order valence-electron chi connectivity index (χ2n) is 4.75. The normalized spacial score (nSPS) is 14.8. The molecule has 1 fully saturated rings. The van der Waals surface area contributed by atoms with Crippen molar-refractivity contribution in [2.45, 2.75) is 25.7 Å². The molecule has 2 aromatic rings. The third-order valence-electron chi connectivity index (χ3n) is 3.22. The Morgan fingerprint density at radius 3 is 2.83 bits per heavy atom. The number of aryl methyl sites for hydroxylation is 1. The highest BCUT2D eigenvalue weighted by atomic mass is 32.1. The summed E-state index contributed by atoms with van der Waals surface area (Å²) in [7, 11) is 0. The molecule has 0 atom stereocenters. The number of rotatable bonds is 2. The van der Waals surface area contributed by atoms with Crippen LogP contribution < -0.4 is 0 Å². The molecule has 0 radical (unpaired) electrons. The summed E-state index contributed by atoms with van der Waals surface area (Å²) in [4.78, 5) is 7.63. The Morgan fingerprint density at radius 2 is 2.11 bits per heavy atom. The number of nitrogens with one attached hydrogen (secondary N) is 1. The number of aromatic amines is 1. The lowest BCUT2D eigenvalue weighted by atomic mass is 10.1. The van der Waals surface area contributed by atoms with Gasteiger partial charge in [0.2, 0.25) is 0 Å². The van der Waals surface area contributed by atoms with Crippen molar-refractivity contribution in [2.75, 3.05) is 0 Å². The van der Waals surface area contributed by atoms with E-state index >= 15 is 0 Å². The zero-order chi connectivity index (χ0) is 12.7. The van der Waals surface area contributed by atoms with Crippen molar-refractivity contribution >= 4 is 12.2 Å². The largest absolute Gasteiger partial charge is 0.343 e. The summed E-state index contributed by atoms with van der Waals surface area (Å²) in [6.45, 7) is 1.96. The first-order valence-electron chi connectivity index (χ1n) is 6.01. The Bertz CT molecular complexity index is 659. The van der Waals surface area contributed by atoms with E-state index in [2.05, 4.69) is 9.97 Å². The number of halogens is 1. The summed E-state index contributed by atoms with van der Waals surface area (Å²) in [5, 5.41) is 0. The molecule has 0 bridgehead atoms. The maximum Gasteiger partial charge on any atom is 0.130 e. The molecule has 1 aliphatic carbocycles. The highest BCUT2D eigenvalue weighted by Crippen LogP contribution is 2.38. The molecule has 1 saturated carbocycles. The van der Waals surface area contributed by atoms with Crippen LogP contribution >= 0.6 is 12.2 Å². The van der Waals surface area contributed by atoms with Gasteiger partial charge in [0.15, 0.2) is 0 Å². The van der Waals surface area contributed by atoms with Crippen molar-refractivity contribution in [2.24, 2.45) is 0 Å². The topological polar surface area (TPSA) is 28.7 Å². The van der Waals surface area contributed by atoms with E-state index in [0.717, 1.165) is 35.5 Å². The molecular weight excluding hydrogens is 247 g/mol. The van der Waals surface area contributed by atoms with Crippen LogP contribution in [-0.2, 0) is 0 Å². The van der Waals surface area contributed by atoms with Gasteiger partial charge < -0.3 is 4.98 Å². The minimum absolute atomic E-state index is 0.236. The summed E-state index contributed by atoms with van der Waals surface area (Å²) in [5.41, 5.74) is 2.73. The van der Waals surface area contributed by atoms with Crippen molar-refractivity contribution in [1.82, 2.24) is 9.97 Å². The number of hydrogen-bond acceptors (Lipinski definition) is 2. The standard InChI is InChI=1S/C14H13FN2S/c1-8-2-5-10(15)6-11(8)12-7-13(18)17-14(16-12)9-3-4-9/h2,5-7,9H,3-4H2,1H3,(H,16,17,18). The van der Waals surface area contributed by atoms with Crippen molar-refractivity contribution < 1.29 is 4.39 Å². The lowest BCUT2D eigenvalue weighted by Crippen LogP contribution is -1.96. The van der Waals surface area contributed by atoms with Gasteiger partial charge in [-0.25, -0.2) is 9.37 Å². The molecule has 1 N–H and O–H groups in total. The fourth-order valence-electron chi connectivity index (χ4n) is 2.06. The molecule has 18 heavy (non-hydrogen) atoms. The quantitative estimate of drug-likeness (QED) is 0.822. The van der Waals surface area contributed by atoms with Crippen LogP contribution in [0.15, 0.2) is 24.3 Å². The van der Waals surface area contributed by atoms with Gasteiger partial charge in [0.25, 0.3) is 0 Å². The predicted octanol–water partition coefficient (Wildman–Crippen LogP) is 4.13. The molecule has 1 aromatic heterocycles. The van der Waals surface area contributed by atoms with Gasteiger partial charge in [0.05, 0.1) is 5.69 Å². The van der Waals surface area contributed by atoms with E-state index in [1.807, 2.05) is 6.92 Å². The Labute approximate surface area is 110 Å². The maximum atomic E-state index is 13.3. The molecular formula is C14H13FN2S. The number of H-pyrrole nitrogens is 1. The monoisotopic (exact) mass is 260 g/mol. The summed E-state index contributed by atoms with van der Waals surface area (Å²) >= 11 is 5.19. The first kappa shape index (κ1) is 11.5. The maximum absolute atomic E-state index is 13.3. The fraction of sp³-hybridized carbons (Fsp3) is 0.286. The predicted molar refractivity (Wildman–Crippen MR) is 71.5 cm³/mol. The van der Waals surface area contributed by atoms with Crippen LogP contribution in [-0.4, -0.2) is 9.97 Å². The van der Waals surface area contributed by atoms with Crippen molar-refractivity contribution in [3.8, 4) is 11.3 Å². The Hall–Kier alpha value is -1.55. The Kier molecular flexibility index (Phi) is 2.74. The average molecular weight is 260 g/mol. The molecule has 1 aromatic carbocycles. The molecule has 2 nitrogen and oxygen atoms in total. The van der Waals surface area contributed by atoms with E-state index in [9.17, 15) is 4.39 Å². The van der Waals surface area contributed by atoms with E-state index in [-0.39, 0.29) is 5.82 Å². The molecule has 0 saturated heterocycles. The van der Waals surface area contributed by atoms with Crippen LogP contribution in [0, 0.1) is 17.4 Å². The van der Waals surface area contributed by atoms with E-state index in [0.29, 0.717) is 10.6 Å². The zero-order valence-corrected chi connectivity index (χ0v) is 10.9. The van der Waals surface area contributed by atoms with Gasteiger partial charge in [0, 0.05) is 11.5 Å². The summed E-state index contributed by atoms with van der Waals surface area (Å²) in [6.07, 6.45) is 2.31. The van der Waals surface area contributed by atoms with Gasteiger partial charge in [0.1, 0.15) is 16.3 Å². The van der Waals surface area contributed by atoms with Gasteiger partial charge in [-0.05, 0) is 43.5 Å². The van der Waals surface area contributed by atoms with Crippen LogP contribution in [0.5, 0.6) is 0 Å². The van der Waals surface area contributed by atoms with Crippen molar-refractivity contribution in [3.63, 3.8) is 0 Å². The van der Waals surface area contributed by atoms with Gasteiger partial charge in [-0.2, -0.15) is 0 Å². The third-order valence-corrected chi connectivity index (χ3v) is 3.42. The number of benzene rings is 1. The molecule has 1 heterocycles. The Morgan fingerprint density at radius 1 is 1.33 bits per heavy atom. The first-order valence-corrected chi connectivity index (χ1v) is 6.42. The zero-order valence-electron chi connectivity index (χ0n) is 10.0. The molecule has 0 amide bonds. The molecule has 0 spiro atoms. The molecule has 0 aliphatic heterocycles. The van der Waals surface area contributed by atoms with Gasteiger partial charge in [-0.15, -0.1) is 0 Å². The molecule has 0 unspecified atom stereocenters. The van der Waals surface area contributed by atoms with E-state index in [4.69, 9.17) is 12.2 Å². The van der Waals surface area contributed by atoms with Crippen molar-refractivity contribution in [1.29, 1.82) is 0 Å². The second-order valence-corrected chi connectivity index (χ2v) is 5.17. The minimum atomic E-state index is -0.236. The summed E-state index contributed by atoms with van der Waals surface area (Å²) in [6, 6.07) is 6.57. The van der Waals surface area contributed by atoms with E-state index in [1.165, 1.54) is 12.1 Å². The summed E-state index contributed by atoms with van der Waals surface area (Å²) < 4.78 is 13.9. The van der Waals surface area contributed by atoms with E-state index < -0.39 is 0 Å². The van der Waals surface area contributed by atoms with Crippen LogP contribution in [0.25, 0.3) is 11.3 Å². The average Bonchev–Trinajstić information content (AvgIpc) is 3.15.